The fourth-order valence-corrected chi connectivity index (χ4v) is 1.83. The van der Waals surface area contributed by atoms with E-state index in [0.717, 1.165) is 3.57 Å². The van der Waals surface area contributed by atoms with Gasteiger partial charge in [-0.2, -0.15) is 4.98 Å². The van der Waals surface area contributed by atoms with Crippen molar-refractivity contribution in [3.63, 3.8) is 0 Å². The Morgan fingerprint density at radius 3 is 2.72 bits per heavy atom. The predicted octanol–water partition coefficient (Wildman–Crippen LogP) is 2.97. The Kier molecular flexibility index (Phi) is 3.60. The average Bonchev–Trinajstić information content (AvgIpc) is 2.28. The summed E-state index contributed by atoms with van der Waals surface area (Å²) in [5.74, 6) is 0.658. The first-order valence-corrected chi connectivity index (χ1v) is 5.98. The van der Waals surface area contributed by atoms with Crippen LogP contribution in [-0.2, 0) is 0 Å². The summed E-state index contributed by atoms with van der Waals surface area (Å²) in [6, 6.07) is 10.0. The molecule has 0 saturated carbocycles. The molecule has 0 aliphatic heterocycles. The smallest absolute Gasteiger partial charge is 0.311 e. The zero-order valence-electron chi connectivity index (χ0n) is 9.04. The number of hydrogen-bond acceptors (Lipinski definition) is 5. The van der Waals surface area contributed by atoms with Crippen molar-refractivity contribution in [3.8, 4) is 11.6 Å². The Labute approximate surface area is 116 Å². The van der Waals surface area contributed by atoms with Crippen molar-refractivity contribution < 1.29 is 9.66 Å². The van der Waals surface area contributed by atoms with Gasteiger partial charge in [-0.05, 0) is 40.8 Å². The van der Waals surface area contributed by atoms with Gasteiger partial charge >= 0.3 is 5.69 Å². The number of benzene rings is 1. The van der Waals surface area contributed by atoms with Crippen LogP contribution in [0.15, 0.2) is 36.4 Å². The van der Waals surface area contributed by atoms with Crippen molar-refractivity contribution in [2.75, 3.05) is 5.73 Å². The Balaban J connectivity index is 2.25. The number of anilines is 1. The molecule has 0 amide bonds. The highest BCUT2D eigenvalue weighted by atomic mass is 127. The van der Waals surface area contributed by atoms with Gasteiger partial charge < -0.3 is 10.5 Å². The van der Waals surface area contributed by atoms with Crippen molar-refractivity contribution in [1.29, 1.82) is 0 Å². The third kappa shape index (κ3) is 2.86. The molecule has 2 rings (SSSR count). The maximum Gasteiger partial charge on any atom is 0.311 e. The lowest BCUT2D eigenvalue weighted by molar-refractivity contribution is -0.384. The van der Waals surface area contributed by atoms with Gasteiger partial charge in [-0.1, -0.05) is 6.07 Å². The molecule has 0 fully saturated rings. The SMILES string of the molecule is Nc1nc(Oc2cccc(I)c2)ccc1[N+](=O)[O-]. The minimum atomic E-state index is -0.586. The maximum absolute atomic E-state index is 10.6. The van der Waals surface area contributed by atoms with Gasteiger partial charge in [0.05, 0.1) is 4.92 Å². The topological polar surface area (TPSA) is 91.3 Å². The maximum atomic E-state index is 10.6. The molecule has 0 aliphatic carbocycles. The molecule has 0 spiro atoms. The number of halogens is 1. The van der Waals surface area contributed by atoms with Crippen LogP contribution in [0.3, 0.4) is 0 Å². The van der Waals surface area contributed by atoms with Crippen molar-refractivity contribution in [3.05, 3.63) is 50.1 Å². The lowest BCUT2D eigenvalue weighted by atomic mass is 10.3. The molecule has 0 aliphatic rings. The third-order valence-electron chi connectivity index (χ3n) is 2.09. The van der Waals surface area contributed by atoms with E-state index in [2.05, 4.69) is 27.6 Å². The quantitative estimate of drug-likeness (QED) is 0.518. The van der Waals surface area contributed by atoms with Gasteiger partial charge in [0.2, 0.25) is 11.7 Å². The van der Waals surface area contributed by atoms with Gasteiger partial charge in [0.25, 0.3) is 0 Å². The van der Waals surface area contributed by atoms with Gasteiger partial charge in [0.15, 0.2) is 0 Å². The lowest BCUT2D eigenvalue weighted by Gasteiger charge is -2.05. The zero-order valence-corrected chi connectivity index (χ0v) is 11.2. The Bertz CT molecular complexity index is 604. The largest absolute Gasteiger partial charge is 0.439 e. The van der Waals surface area contributed by atoms with Crippen LogP contribution in [0.2, 0.25) is 0 Å². The van der Waals surface area contributed by atoms with Crippen molar-refractivity contribution in [1.82, 2.24) is 4.98 Å². The number of aromatic nitrogens is 1. The molecule has 7 heteroatoms. The molecule has 1 aromatic heterocycles. The number of ether oxygens (including phenoxy) is 1. The first-order chi connectivity index (χ1) is 8.56. The van der Waals surface area contributed by atoms with Gasteiger partial charge in [-0.25, -0.2) is 0 Å². The summed E-state index contributed by atoms with van der Waals surface area (Å²) < 4.78 is 6.47. The molecule has 0 bridgehead atoms. The van der Waals surface area contributed by atoms with E-state index in [1.807, 2.05) is 18.2 Å². The molecular formula is C11H8IN3O3. The molecule has 92 valence electrons. The number of hydrogen-bond donors (Lipinski definition) is 1. The Morgan fingerprint density at radius 2 is 2.11 bits per heavy atom. The van der Waals surface area contributed by atoms with Gasteiger partial charge in [-0.3, -0.25) is 10.1 Å². The fourth-order valence-electron chi connectivity index (χ4n) is 1.31. The minimum absolute atomic E-state index is 0.164. The van der Waals surface area contributed by atoms with E-state index in [1.165, 1.54) is 12.1 Å². The summed E-state index contributed by atoms with van der Waals surface area (Å²) in [4.78, 5) is 13.8. The Hall–Kier alpha value is -1.90. The first kappa shape index (κ1) is 12.6. The number of pyridine rings is 1. The average molecular weight is 357 g/mol. The summed E-state index contributed by atoms with van der Waals surface area (Å²) in [6.07, 6.45) is 0. The molecule has 0 saturated heterocycles. The summed E-state index contributed by atoms with van der Waals surface area (Å²) in [5.41, 5.74) is 5.24. The summed E-state index contributed by atoms with van der Waals surface area (Å²) in [7, 11) is 0. The minimum Gasteiger partial charge on any atom is -0.439 e. The summed E-state index contributed by atoms with van der Waals surface area (Å²) in [6.45, 7) is 0. The molecule has 18 heavy (non-hydrogen) atoms. The molecule has 0 radical (unpaired) electrons. The molecule has 0 atom stereocenters. The number of nitrogen functional groups attached to an aromatic ring is 1. The van der Waals surface area contributed by atoms with Gasteiger partial charge in [0, 0.05) is 15.7 Å². The zero-order chi connectivity index (χ0) is 13.1. The van der Waals surface area contributed by atoms with Crippen molar-refractivity contribution in [2.24, 2.45) is 0 Å². The van der Waals surface area contributed by atoms with Crippen LogP contribution in [0.4, 0.5) is 11.5 Å². The second-order valence-corrected chi connectivity index (χ2v) is 4.62. The van der Waals surface area contributed by atoms with Crippen LogP contribution in [0, 0.1) is 13.7 Å². The van der Waals surface area contributed by atoms with Crippen LogP contribution >= 0.6 is 22.6 Å². The van der Waals surface area contributed by atoms with Gasteiger partial charge in [-0.15, -0.1) is 0 Å². The highest BCUT2D eigenvalue weighted by molar-refractivity contribution is 14.1. The molecule has 2 aromatic rings. The second kappa shape index (κ2) is 5.17. The van der Waals surface area contributed by atoms with Crippen LogP contribution in [0.25, 0.3) is 0 Å². The first-order valence-electron chi connectivity index (χ1n) is 4.90. The lowest BCUT2D eigenvalue weighted by Crippen LogP contribution is -1.99. The van der Waals surface area contributed by atoms with E-state index in [-0.39, 0.29) is 17.4 Å². The van der Waals surface area contributed by atoms with E-state index in [0.29, 0.717) is 5.75 Å². The number of rotatable bonds is 3. The van der Waals surface area contributed by atoms with E-state index in [4.69, 9.17) is 10.5 Å². The third-order valence-corrected chi connectivity index (χ3v) is 2.76. The normalized spacial score (nSPS) is 10.1. The fraction of sp³-hybridized carbons (Fsp3) is 0. The number of nitrogens with zero attached hydrogens (tertiary/aromatic N) is 2. The Morgan fingerprint density at radius 1 is 1.33 bits per heavy atom. The molecule has 1 aromatic carbocycles. The number of nitro groups is 1. The second-order valence-electron chi connectivity index (χ2n) is 3.37. The highest BCUT2D eigenvalue weighted by Gasteiger charge is 2.13. The van der Waals surface area contributed by atoms with Crippen molar-refractivity contribution in [2.45, 2.75) is 0 Å². The van der Waals surface area contributed by atoms with E-state index >= 15 is 0 Å². The highest BCUT2D eigenvalue weighted by Crippen LogP contribution is 2.26. The summed E-state index contributed by atoms with van der Waals surface area (Å²) in [5, 5.41) is 10.6. The van der Waals surface area contributed by atoms with E-state index < -0.39 is 4.92 Å². The van der Waals surface area contributed by atoms with Crippen LogP contribution in [0.5, 0.6) is 11.6 Å². The molecule has 0 unspecified atom stereocenters. The van der Waals surface area contributed by atoms with E-state index in [9.17, 15) is 10.1 Å². The number of nitrogens with two attached hydrogens (primary N) is 1. The summed E-state index contributed by atoms with van der Waals surface area (Å²) >= 11 is 2.15. The van der Waals surface area contributed by atoms with Gasteiger partial charge in [0.1, 0.15) is 5.75 Å². The van der Waals surface area contributed by atoms with E-state index in [1.54, 1.807) is 6.07 Å². The van der Waals surface area contributed by atoms with Crippen molar-refractivity contribution >= 4 is 34.1 Å². The molecule has 1 heterocycles. The predicted molar refractivity (Wildman–Crippen MR) is 74.5 cm³/mol. The molecule has 2 N–H and O–H groups in total. The molecule has 6 nitrogen and oxygen atoms in total. The standard InChI is InChI=1S/C11H8IN3O3/c12-7-2-1-3-8(6-7)18-10-5-4-9(15(16)17)11(13)14-10/h1-6H,(H2,13,14). The van der Waals surface area contributed by atoms with Crippen LogP contribution < -0.4 is 10.5 Å². The monoisotopic (exact) mass is 357 g/mol. The van der Waals surface area contributed by atoms with Crippen LogP contribution in [0.1, 0.15) is 0 Å². The van der Waals surface area contributed by atoms with Crippen LogP contribution in [-0.4, -0.2) is 9.91 Å². The molecular weight excluding hydrogens is 349 g/mol.